The van der Waals surface area contributed by atoms with Crippen LogP contribution in [0.25, 0.3) is 0 Å². The quantitative estimate of drug-likeness (QED) is 0.755. The highest BCUT2D eigenvalue weighted by Gasteiger charge is 2.45. The molecule has 0 bridgehead atoms. The van der Waals surface area contributed by atoms with Gasteiger partial charge < -0.3 is 15.3 Å². The van der Waals surface area contributed by atoms with Crippen LogP contribution in [0, 0.1) is 11.3 Å². The van der Waals surface area contributed by atoms with E-state index in [1.54, 1.807) is 27.7 Å². The average Bonchev–Trinajstić information content (AvgIpc) is 3.11. The molecule has 0 aliphatic heterocycles. The molecule has 1 saturated carbocycles. The first-order valence-corrected chi connectivity index (χ1v) is 7.42. The van der Waals surface area contributed by atoms with Crippen molar-refractivity contribution in [3.63, 3.8) is 0 Å². The van der Waals surface area contributed by atoms with E-state index in [2.05, 4.69) is 5.32 Å². The molecular formula is C15H28N2O3. The van der Waals surface area contributed by atoms with Gasteiger partial charge in [-0.3, -0.25) is 4.79 Å². The van der Waals surface area contributed by atoms with Gasteiger partial charge in [0, 0.05) is 13.1 Å². The number of carboxylic acids is 1. The molecule has 1 aliphatic carbocycles. The molecule has 0 aromatic heterocycles. The summed E-state index contributed by atoms with van der Waals surface area (Å²) in [5.74, 6) is -0.282. The van der Waals surface area contributed by atoms with E-state index in [4.69, 9.17) is 0 Å². The van der Waals surface area contributed by atoms with Crippen LogP contribution in [0.3, 0.4) is 0 Å². The molecule has 0 aromatic rings. The van der Waals surface area contributed by atoms with Gasteiger partial charge in [-0.25, -0.2) is 4.79 Å². The molecule has 0 unspecified atom stereocenters. The van der Waals surface area contributed by atoms with Crippen LogP contribution in [0.2, 0.25) is 0 Å². The Morgan fingerprint density at radius 1 is 1.25 bits per heavy atom. The number of nitrogens with zero attached hydrogens (tertiary/aromatic N) is 1. The topological polar surface area (TPSA) is 69.6 Å². The number of aliphatic carboxylic acids is 1. The van der Waals surface area contributed by atoms with E-state index in [1.807, 2.05) is 11.8 Å². The van der Waals surface area contributed by atoms with E-state index in [1.165, 1.54) is 12.8 Å². The standard InChI is InChI=1S/C15H28N2O3/c1-6-9-17(10-11-7-8-11)13(20)16-15(4,5)14(2,3)12(18)19/h11H,6-10H2,1-5H3,(H,16,20)(H,18,19). The Morgan fingerprint density at radius 2 is 1.80 bits per heavy atom. The predicted molar refractivity (Wildman–Crippen MR) is 78.6 cm³/mol. The summed E-state index contributed by atoms with van der Waals surface area (Å²) in [6, 6.07) is -0.155. The lowest BCUT2D eigenvalue weighted by molar-refractivity contribution is -0.150. The van der Waals surface area contributed by atoms with Gasteiger partial charge in [-0.1, -0.05) is 6.92 Å². The van der Waals surface area contributed by atoms with Gasteiger partial charge in [0.05, 0.1) is 11.0 Å². The Kier molecular flexibility index (Phi) is 5.05. The van der Waals surface area contributed by atoms with Crippen molar-refractivity contribution in [1.29, 1.82) is 0 Å². The summed E-state index contributed by atoms with van der Waals surface area (Å²) >= 11 is 0. The Hall–Kier alpha value is -1.26. The molecule has 2 amide bonds. The SMILES string of the molecule is CCCN(CC1CC1)C(=O)NC(C)(C)C(C)(C)C(=O)O. The zero-order chi connectivity index (χ0) is 15.6. The van der Waals surface area contributed by atoms with Gasteiger partial charge in [0.2, 0.25) is 0 Å². The molecule has 0 atom stereocenters. The number of carbonyl (C=O) groups is 2. The van der Waals surface area contributed by atoms with Gasteiger partial charge in [-0.15, -0.1) is 0 Å². The first-order chi connectivity index (χ1) is 9.11. The van der Waals surface area contributed by atoms with E-state index in [9.17, 15) is 14.7 Å². The molecule has 0 saturated heterocycles. The van der Waals surface area contributed by atoms with E-state index in [0.29, 0.717) is 12.5 Å². The van der Waals surface area contributed by atoms with Crippen molar-refractivity contribution < 1.29 is 14.7 Å². The average molecular weight is 284 g/mol. The summed E-state index contributed by atoms with van der Waals surface area (Å²) in [7, 11) is 0. The first kappa shape index (κ1) is 16.8. The lowest BCUT2D eigenvalue weighted by atomic mass is 9.74. The Balaban J connectivity index is 2.72. The Morgan fingerprint density at radius 3 is 2.20 bits per heavy atom. The molecule has 1 aliphatic rings. The molecule has 20 heavy (non-hydrogen) atoms. The monoisotopic (exact) mass is 284 g/mol. The van der Waals surface area contributed by atoms with Crippen molar-refractivity contribution in [2.24, 2.45) is 11.3 Å². The maximum absolute atomic E-state index is 12.4. The smallest absolute Gasteiger partial charge is 0.317 e. The van der Waals surface area contributed by atoms with Crippen molar-refractivity contribution in [3.05, 3.63) is 0 Å². The van der Waals surface area contributed by atoms with Crippen LogP contribution in [-0.4, -0.2) is 40.6 Å². The lowest BCUT2D eigenvalue weighted by Crippen LogP contribution is -2.59. The highest BCUT2D eigenvalue weighted by atomic mass is 16.4. The predicted octanol–water partition coefficient (Wildman–Crippen LogP) is 2.71. The van der Waals surface area contributed by atoms with E-state index in [0.717, 1.165) is 13.0 Å². The van der Waals surface area contributed by atoms with Crippen LogP contribution < -0.4 is 5.32 Å². The number of urea groups is 1. The highest BCUT2D eigenvalue weighted by Crippen LogP contribution is 2.32. The second-order valence-corrected chi connectivity index (χ2v) is 6.87. The molecule has 0 spiro atoms. The number of carboxylic acid groups (broad SMARTS) is 1. The van der Waals surface area contributed by atoms with Crippen molar-refractivity contribution in [2.45, 2.75) is 59.4 Å². The van der Waals surface area contributed by atoms with Gasteiger partial charge in [0.1, 0.15) is 0 Å². The zero-order valence-electron chi connectivity index (χ0n) is 13.3. The maximum Gasteiger partial charge on any atom is 0.317 e. The summed E-state index contributed by atoms with van der Waals surface area (Å²) < 4.78 is 0. The zero-order valence-corrected chi connectivity index (χ0v) is 13.3. The van der Waals surface area contributed by atoms with E-state index < -0.39 is 16.9 Å². The number of carbonyl (C=O) groups excluding carboxylic acids is 1. The molecule has 5 heteroatoms. The van der Waals surface area contributed by atoms with E-state index >= 15 is 0 Å². The van der Waals surface area contributed by atoms with Crippen molar-refractivity contribution in [2.75, 3.05) is 13.1 Å². The van der Waals surface area contributed by atoms with Gasteiger partial charge in [-0.05, 0) is 52.9 Å². The summed E-state index contributed by atoms with van der Waals surface area (Å²) in [6.45, 7) is 10.3. The second kappa shape index (κ2) is 6.02. The first-order valence-electron chi connectivity index (χ1n) is 7.42. The Labute approximate surface area is 121 Å². The van der Waals surface area contributed by atoms with Crippen LogP contribution >= 0.6 is 0 Å². The van der Waals surface area contributed by atoms with Gasteiger partial charge in [0.15, 0.2) is 0 Å². The molecule has 0 heterocycles. The fourth-order valence-corrected chi connectivity index (χ4v) is 1.93. The molecule has 116 valence electrons. The number of hydrogen-bond acceptors (Lipinski definition) is 2. The summed E-state index contributed by atoms with van der Waals surface area (Å²) in [5.41, 5.74) is -1.84. The number of amides is 2. The third-order valence-electron chi connectivity index (χ3n) is 4.47. The molecule has 5 nitrogen and oxygen atoms in total. The number of rotatable bonds is 7. The van der Waals surface area contributed by atoms with E-state index in [-0.39, 0.29) is 6.03 Å². The molecule has 2 N–H and O–H groups in total. The fourth-order valence-electron chi connectivity index (χ4n) is 1.93. The minimum Gasteiger partial charge on any atom is -0.481 e. The van der Waals surface area contributed by atoms with Crippen molar-refractivity contribution in [1.82, 2.24) is 10.2 Å². The molecule has 0 radical (unpaired) electrons. The molecule has 0 aromatic carbocycles. The van der Waals surface area contributed by atoms with Crippen LogP contribution in [0.4, 0.5) is 4.79 Å². The van der Waals surface area contributed by atoms with Crippen LogP contribution in [-0.2, 0) is 4.79 Å². The Bertz CT molecular complexity index is 373. The molecular weight excluding hydrogens is 256 g/mol. The van der Waals surface area contributed by atoms with Gasteiger partial charge in [0.25, 0.3) is 0 Å². The third-order valence-corrected chi connectivity index (χ3v) is 4.47. The molecule has 1 rings (SSSR count). The molecule has 1 fully saturated rings. The number of nitrogens with one attached hydrogen (secondary N) is 1. The summed E-state index contributed by atoms with van der Waals surface area (Å²) in [6.07, 6.45) is 3.29. The summed E-state index contributed by atoms with van der Waals surface area (Å²) in [5, 5.41) is 12.2. The van der Waals surface area contributed by atoms with Crippen molar-refractivity contribution >= 4 is 12.0 Å². The van der Waals surface area contributed by atoms with Crippen molar-refractivity contribution in [3.8, 4) is 0 Å². The van der Waals surface area contributed by atoms with Crippen LogP contribution in [0.5, 0.6) is 0 Å². The minimum atomic E-state index is -1.03. The second-order valence-electron chi connectivity index (χ2n) is 6.87. The fraction of sp³-hybridized carbons (Fsp3) is 0.867. The van der Waals surface area contributed by atoms with Crippen LogP contribution in [0.15, 0.2) is 0 Å². The summed E-state index contributed by atoms with van der Waals surface area (Å²) in [4.78, 5) is 25.6. The minimum absolute atomic E-state index is 0.155. The van der Waals surface area contributed by atoms with Crippen LogP contribution in [0.1, 0.15) is 53.9 Å². The third kappa shape index (κ3) is 3.87. The highest BCUT2D eigenvalue weighted by molar-refractivity contribution is 5.79. The van der Waals surface area contributed by atoms with Gasteiger partial charge >= 0.3 is 12.0 Å². The largest absolute Gasteiger partial charge is 0.481 e. The maximum atomic E-state index is 12.4. The number of hydrogen-bond donors (Lipinski definition) is 2. The lowest BCUT2D eigenvalue weighted by Gasteiger charge is -2.40. The normalized spacial score (nSPS) is 15.8. The van der Waals surface area contributed by atoms with Gasteiger partial charge in [-0.2, -0.15) is 0 Å².